The first kappa shape index (κ1) is 24.4. The monoisotopic (exact) mass is 471 g/mol. The van der Waals surface area contributed by atoms with Crippen molar-refractivity contribution in [2.75, 3.05) is 19.7 Å². The third kappa shape index (κ3) is 6.54. The summed E-state index contributed by atoms with van der Waals surface area (Å²) in [5.41, 5.74) is -0.106. The molecule has 1 aromatic carbocycles. The van der Waals surface area contributed by atoms with Crippen LogP contribution in [0.4, 0.5) is 4.79 Å². The molecule has 168 valence electrons. The molecule has 0 aliphatic heterocycles. The summed E-state index contributed by atoms with van der Waals surface area (Å²) in [7, 11) is -3.91. The van der Waals surface area contributed by atoms with E-state index >= 15 is 0 Å². The number of carbonyl (C=O) groups is 3. The molecule has 12 heteroatoms. The number of imide groups is 1. The number of esters is 1. The van der Waals surface area contributed by atoms with Gasteiger partial charge < -0.3 is 14.5 Å². The molecule has 1 heterocycles. The van der Waals surface area contributed by atoms with E-state index in [9.17, 15) is 22.8 Å². The Morgan fingerprint density at radius 2 is 1.87 bits per heavy atom. The lowest BCUT2D eigenvalue weighted by molar-refractivity contribution is -0.123. The van der Waals surface area contributed by atoms with Crippen LogP contribution >= 0.6 is 11.6 Å². The van der Waals surface area contributed by atoms with Crippen LogP contribution in [0.3, 0.4) is 0 Å². The van der Waals surface area contributed by atoms with E-state index in [0.29, 0.717) is 5.76 Å². The van der Waals surface area contributed by atoms with E-state index in [1.54, 1.807) is 26.0 Å². The summed E-state index contributed by atoms with van der Waals surface area (Å²) in [5, 5.41) is 4.34. The number of furan rings is 1. The van der Waals surface area contributed by atoms with Crippen molar-refractivity contribution in [3.63, 3.8) is 0 Å². The van der Waals surface area contributed by atoms with Gasteiger partial charge in [-0.2, -0.15) is 4.31 Å². The van der Waals surface area contributed by atoms with Crippen LogP contribution in [-0.2, 0) is 26.1 Å². The molecule has 0 spiro atoms. The molecule has 0 radical (unpaired) electrons. The standard InChI is InChI=1S/C19H22ClN3O7S/c1-3-23(4-2)31(27,28)16-10-13(7-8-15(16)20)18(25)30-12-17(24)22-19(26)21-11-14-6-5-9-29-14/h5-10H,3-4,11-12H2,1-2H3,(H2,21,22,24,26). The Hall–Kier alpha value is -2.89. The number of hydrogen-bond donors (Lipinski definition) is 2. The third-order valence-corrected chi connectivity index (χ3v) is 6.61. The van der Waals surface area contributed by atoms with Gasteiger partial charge in [-0.1, -0.05) is 25.4 Å². The van der Waals surface area contributed by atoms with E-state index < -0.39 is 34.5 Å². The molecular formula is C19H22ClN3O7S. The summed E-state index contributed by atoms with van der Waals surface area (Å²) in [6.45, 7) is 3.14. The first-order valence-electron chi connectivity index (χ1n) is 9.25. The zero-order valence-corrected chi connectivity index (χ0v) is 18.5. The zero-order valence-electron chi connectivity index (χ0n) is 16.9. The highest BCUT2D eigenvalue weighted by Crippen LogP contribution is 2.26. The first-order chi connectivity index (χ1) is 14.7. The van der Waals surface area contributed by atoms with Gasteiger partial charge >= 0.3 is 12.0 Å². The van der Waals surface area contributed by atoms with E-state index in [0.717, 1.165) is 6.07 Å². The van der Waals surface area contributed by atoms with E-state index in [4.69, 9.17) is 20.8 Å². The number of nitrogens with one attached hydrogen (secondary N) is 2. The largest absolute Gasteiger partial charge is 0.467 e. The minimum Gasteiger partial charge on any atom is -0.467 e. The fourth-order valence-electron chi connectivity index (χ4n) is 2.53. The lowest BCUT2D eigenvalue weighted by Crippen LogP contribution is -2.41. The second-order valence-electron chi connectivity index (χ2n) is 6.12. The van der Waals surface area contributed by atoms with Crippen molar-refractivity contribution >= 4 is 39.5 Å². The number of ether oxygens (including phenoxy) is 1. The van der Waals surface area contributed by atoms with Gasteiger partial charge in [-0.25, -0.2) is 18.0 Å². The molecular weight excluding hydrogens is 450 g/mol. The summed E-state index contributed by atoms with van der Waals surface area (Å²) in [5.74, 6) is -1.32. The molecule has 2 N–H and O–H groups in total. The lowest BCUT2D eigenvalue weighted by atomic mass is 10.2. The maximum Gasteiger partial charge on any atom is 0.338 e. The molecule has 2 rings (SSSR count). The summed E-state index contributed by atoms with van der Waals surface area (Å²) >= 11 is 6.02. The highest BCUT2D eigenvalue weighted by Gasteiger charge is 2.26. The molecule has 0 fully saturated rings. The van der Waals surface area contributed by atoms with Crippen LogP contribution in [0.15, 0.2) is 45.9 Å². The molecule has 0 aliphatic rings. The van der Waals surface area contributed by atoms with Gasteiger partial charge in [-0.3, -0.25) is 10.1 Å². The van der Waals surface area contributed by atoms with Crippen molar-refractivity contribution in [1.82, 2.24) is 14.9 Å². The van der Waals surface area contributed by atoms with Crippen LogP contribution in [0.2, 0.25) is 5.02 Å². The van der Waals surface area contributed by atoms with Crippen LogP contribution in [0, 0.1) is 0 Å². The van der Waals surface area contributed by atoms with Gasteiger partial charge in [0.05, 0.1) is 23.4 Å². The summed E-state index contributed by atoms with van der Waals surface area (Å²) in [6, 6.07) is 6.12. The minimum atomic E-state index is -3.91. The van der Waals surface area contributed by atoms with Crippen molar-refractivity contribution < 1.29 is 32.0 Å². The Morgan fingerprint density at radius 1 is 1.16 bits per heavy atom. The second kappa shape index (κ2) is 10.9. The van der Waals surface area contributed by atoms with Crippen LogP contribution < -0.4 is 10.6 Å². The molecule has 0 saturated carbocycles. The third-order valence-electron chi connectivity index (χ3n) is 4.08. The van der Waals surface area contributed by atoms with Crippen molar-refractivity contribution in [3.05, 3.63) is 52.9 Å². The molecule has 0 atom stereocenters. The average Bonchev–Trinajstić information content (AvgIpc) is 3.25. The Labute approximate surface area is 184 Å². The van der Waals surface area contributed by atoms with Gasteiger partial charge in [-0.15, -0.1) is 0 Å². The van der Waals surface area contributed by atoms with Gasteiger partial charge in [0.25, 0.3) is 5.91 Å². The van der Waals surface area contributed by atoms with Crippen LogP contribution in [0.25, 0.3) is 0 Å². The molecule has 10 nitrogen and oxygen atoms in total. The van der Waals surface area contributed by atoms with Gasteiger partial charge in [0, 0.05) is 13.1 Å². The van der Waals surface area contributed by atoms with Crippen molar-refractivity contribution in [3.8, 4) is 0 Å². The quantitative estimate of drug-likeness (QED) is 0.535. The fraction of sp³-hybridized carbons (Fsp3) is 0.316. The Bertz CT molecular complexity index is 1030. The smallest absolute Gasteiger partial charge is 0.338 e. The summed E-state index contributed by atoms with van der Waals surface area (Å²) < 4.78 is 36.5. The summed E-state index contributed by atoms with van der Waals surface area (Å²) in [6.07, 6.45) is 1.44. The predicted molar refractivity (Wildman–Crippen MR) is 111 cm³/mol. The van der Waals surface area contributed by atoms with Crippen LogP contribution in [0.1, 0.15) is 30.0 Å². The topological polar surface area (TPSA) is 135 Å². The maximum absolute atomic E-state index is 12.7. The predicted octanol–water partition coefficient (Wildman–Crippen LogP) is 2.15. The molecule has 0 unspecified atom stereocenters. The number of amides is 3. The molecule has 0 bridgehead atoms. The Morgan fingerprint density at radius 3 is 2.48 bits per heavy atom. The van der Waals surface area contributed by atoms with Crippen LogP contribution in [-0.4, -0.2) is 50.3 Å². The Kier molecular flexibility index (Phi) is 8.60. The normalized spacial score (nSPS) is 11.2. The molecule has 1 aromatic heterocycles. The molecule has 0 aliphatic carbocycles. The zero-order chi connectivity index (χ0) is 23.0. The minimum absolute atomic E-state index is 0.0468. The molecule has 0 saturated heterocycles. The summed E-state index contributed by atoms with van der Waals surface area (Å²) in [4.78, 5) is 35.5. The van der Waals surface area contributed by atoms with Crippen molar-refractivity contribution in [1.29, 1.82) is 0 Å². The maximum atomic E-state index is 12.7. The molecule has 3 amide bonds. The number of rotatable bonds is 9. The fourth-order valence-corrected chi connectivity index (χ4v) is 4.49. The average molecular weight is 472 g/mol. The number of carbonyl (C=O) groups excluding carboxylic acids is 3. The van der Waals surface area contributed by atoms with Gasteiger partial charge in [0.15, 0.2) is 6.61 Å². The Balaban J connectivity index is 1.96. The number of halogens is 1. The second-order valence-corrected chi connectivity index (χ2v) is 8.43. The van der Waals surface area contributed by atoms with E-state index in [1.807, 2.05) is 5.32 Å². The number of urea groups is 1. The van der Waals surface area contributed by atoms with Gasteiger partial charge in [0.1, 0.15) is 10.7 Å². The first-order valence-corrected chi connectivity index (χ1v) is 11.1. The van der Waals surface area contributed by atoms with Crippen molar-refractivity contribution in [2.24, 2.45) is 0 Å². The number of benzene rings is 1. The number of hydrogen-bond acceptors (Lipinski definition) is 7. The SMILES string of the molecule is CCN(CC)S(=O)(=O)c1cc(C(=O)OCC(=O)NC(=O)NCc2ccco2)ccc1Cl. The lowest BCUT2D eigenvalue weighted by Gasteiger charge is -2.19. The van der Waals surface area contributed by atoms with E-state index in [-0.39, 0.29) is 35.1 Å². The highest BCUT2D eigenvalue weighted by molar-refractivity contribution is 7.89. The highest BCUT2D eigenvalue weighted by atomic mass is 35.5. The van der Waals surface area contributed by atoms with Crippen LogP contribution in [0.5, 0.6) is 0 Å². The van der Waals surface area contributed by atoms with Crippen molar-refractivity contribution in [2.45, 2.75) is 25.3 Å². The van der Waals surface area contributed by atoms with Gasteiger partial charge in [0.2, 0.25) is 10.0 Å². The molecule has 31 heavy (non-hydrogen) atoms. The molecule has 2 aromatic rings. The number of nitrogens with zero attached hydrogens (tertiary/aromatic N) is 1. The van der Waals surface area contributed by atoms with Gasteiger partial charge in [-0.05, 0) is 30.3 Å². The number of sulfonamides is 1. The van der Waals surface area contributed by atoms with E-state index in [1.165, 1.54) is 22.7 Å². The van der Waals surface area contributed by atoms with E-state index in [2.05, 4.69) is 5.32 Å².